The Morgan fingerprint density at radius 2 is 1.77 bits per heavy atom. The molecule has 1 fully saturated rings. The zero-order chi connectivity index (χ0) is 28.1. The van der Waals surface area contributed by atoms with Crippen LogP contribution in [0.1, 0.15) is 34.7 Å². The topological polar surface area (TPSA) is 85.4 Å². The number of alkyl halides is 3. The molecular formula is C29H30F3N7O. The number of benzene rings is 1. The summed E-state index contributed by atoms with van der Waals surface area (Å²) in [5.41, 5.74) is 1.99. The number of rotatable bonds is 5. The minimum atomic E-state index is -4.55. The van der Waals surface area contributed by atoms with Crippen molar-refractivity contribution in [2.45, 2.75) is 26.1 Å². The van der Waals surface area contributed by atoms with E-state index >= 15 is 0 Å². The molecule has 40 heavy (non-hydrogen) atoms. The number of urea groups is 1. The van der Waals surface area contributed by atoms with Gasteiger partial charge in [-0.15, -0.1) is 0 Å². The first-order valence-corrected chi connectivity index (χ1v) is 13.2. The summed E-state index contributed by atoms with van der Waals surface area (Å²) in [5, 5.41) is 8.26. The number of carbonyl (C=O) groups is 1. The second kappa shape index (κ2) is 11.9. The lowest BCUT2D eigenvalue weighted by Crippen LogP contribution is -2.45. The molecule has 0 atom stereocenters. The van der Waals surface area contributed by atoms with Crippen LogP contribution in [0.5, 0.6) is 0 Å². The van der Waals surface area contributed by atoms with E-state index in [-0.39, 0.29) is 23.6 Å². The molecule has 0 saturated carbocycles. The Morgan fingerprint density at radius 1 is 1.00 bits per heavy atom. The third-order valence-corrected chi connectivity index (χ3v) is 6.99. The van der Waals surface area contributed by atoms with Crippen LogP contribution in [0.15, 0.2) is 48.8 Å². The van der Waals surface area contributed by atoms with Gasteiger partial charge in [-0.2, -0.15) is 13.2 Å². The molecule has 2 amide bonds. The predicted molar refractivity (Wildman–Crippen MR) is 148 cm³/mol. The first-order chi connectivity index (χ1) is 19.3. The van der Waals surface area contributed by atoms with Gasteiger partial charge in [-0.1, -0.05) is 24.8 Å². The number of aromatic nitrogens is 2. The number of halogens is 3. The van der Waals surface area contributed by atoms with Crippen molar-refractivity contribution < 1.29 is 18.0 Å². The molecule has 0 spiro atoms. The average molecular weight is 550 g/mol. The highest BCUT2D eigenvalue weighted by atomic mass is 19.4. The molecule has 0 aliphatic carbocycles. The van der Waals surface area contributed by atoms with Crippen LogP contribution < -0.4 is 16.0 Å². The highest BCUT2D eigenvalue weighted by Gasteiger charge is 2.34. The van der Waals surface area contributed by atoms with Gasteiger partial charge in [-0.25, -0.2) is 14.8 Å². The van der Waals surface area contributed by atoms with Crippen molar-refractivity contribution in [3.05, 3.63) is 76.6 Å². The molecule has 0 unspecified atom stereocenters. The highest BCUT2D eigenvalue weighted by Crippen LogP contribution is 2.34. The van der Waals surface area contributed by atoms with Crippen molar-refractivity contribution in [3.8, 4) is 11.8 Å². The third-order valence-electron chi connectivity index (χ3n) is 6.99. The summed E-state index contributed by atoms with van der Waals surface area (Å²) in [6.45, 7) is 7.17. The van der Waals surface area contributed by atoms with Crippen LogP contribution in [0.4, 0.5) is 35.3 Å². The predicted octanol–water partition coefficient (Wildman–Crippen LogP) is 4.64. The monoisotopic (exact) mass is 549 g/mol. The van der Waals surface area contributed by atoms with Gasteiger partial charge in [0.1, 0.15) is 11.6 Å². The quantitative estimate of drug-likeness (QED) is 0.402. The molecule has 3 N–H and O–H groups in total. The maximum Gasteiger partial charge on any atom is 0.416 e. The van der Waals surface area contributed by atoms with Crippen LogP contribution >= 0.6 is 0 Å². The number of fused-ring (bicyclic) bond motifs is 1. The van der Waals surface area contributed by atoms with Crippen molar-refractivity contribution >= 4 is 23.4 Å². The van der Waals surface area contributed by atoms with Crippen molar-refractivity contribution in [3.63, 3.8) is 0 Å². The number of likely N-dealkylation sites (N-methyl/N-ethyl adjacent to an activating group) is 1. The number of hydrogen-bond acceptors (Lipinski definition) is 6. The van der Waals surface area contributed by atoms with E-state index in [2.05, 4.69) is 49.6 Å². The number of anilines is 3. The van der Waals surface area contributed by atoms with Crippen LogP contribution in [0, 0.1) is 11.8 Å². The maximum absolute atomic E-state index is 13.9. The molecule has 2 aliphatic rings. The van der Waals surface area contributed by atoms with E-state index in [1.54, 1.807) is 18.3 Å². The van der Waals surface area contributed by atoms with Gasteiger partial charge < -0.3 is 15.5 Å². The molecule has 0 bridgehead atoms. The maximum atomic E-state index is 13.9. The summed E-state index contributed by atoms with van der Waals surface area (Å²) in [6.07, 6.45) is -0.444. The first-order valence-electron chi connectivity index (χ1n) is 13.2. The van der Waals surface area contributed by atoms with Gasteiger partial charge in [0.2, 0.25) is 0 Å². The Labute approximate surface area is 231 Å². The van der Waals surface area contributed by atoms with Crippen molar-refractivity contribution in [2.24, 2.45) is 0 Å². The lowest BCUT2D eigenvalue weighted by atomic mass is 10.0. The average Bonchev–Trinajstić information content (AvgIpc) is 3.41. The zero-order valence-electron chi connectivity index (χ0n) is 22.1. The Kier molecular flexibility index (Phi) is 8.19. The molecule has 1 aromatic carbocycles. The number of amides is 2. The standard InChI is InChI=1S/C29H30F3N7O/c1-2-38-11-13-39(14-12-38)19-23-5-6-24(17-25(23)29(30,31)32)36-28(40)37-26-16-20(7-9-33-26)3-4-21-15-22-8-10-34-27(22)35-18-21/h5-7,9,15-18H,2,8,10-14,19H2,1H3,(H,34,35)(H2,33,36,37,40). The van der Waals surface area contributed by atoms with Crippen molar-refractivity contribution in [1.29, 1.82) is 0 Å². The summed E-state index contributed by atoms with van der Waals surface area (Å²) in [7, 11) is 0. The Morgan fingerprint density at radius 3 is 2.55 bits per heavy atom. The minimum Gasteiger partial charge on any atom is -0.370 e. The molecular weight excluding hydrogens is 519 g/mol. The fraction of sp³-hybridized carbons (Fsp3) is 0.345. The SMILES string of the molecule is CCN1CCN(Cc2ccc(NC(=O)Nc3cc(C#Cc4cnc5c(c4)CCN5)ccn3)cc2C(F)(F)F)CC1. The summed E-state index contributed by atoms with van der Waals surface area (Å²) in [5.74, 6) is 7.20. The summed E-state index contributed by atoms with van der Waals surface area (Å²) >= 11 is 0. The Balaban J connectivity index is 1.23. The van der Waals surface area contributed by atoms with Crippen LogP contribution in [-0.4, -0.2) is 65.1 Å². The Bertz CT molecular complexity index is 1440. The lowest BCUT2D eigenvalue weighted by Gasteiger charge is -2.34. The van der Waals surface area contributed by atoms with Crippen LogP contribution in [0.2, 0.25) is 0 Å². The minimum absolute atomic E-state index is 0.0407. The second-order valence-electron chi connectivity index (χ2n) is 9.75. The van der Waals surface area contributed by atoms with Gasteiger partial charge in [0, 0.05) is 68.5 Å². The van der Waals surface area contributed by atoms with E-state index in [0.29, 0.717) is 18.7 Å². The van der Waals surface area contributed by atoms with Gasteiger partial charge in [0.15, 0.2) is 0 Å². The van der Waals surface area contributed by atoms with Gasteiger partial charge in [0.25, 0.3) is 0 Å². The smallest absolute Gasteiger partial charge is 0.370 e. The first kappa shape index (κ1) is 27.4. The van der Waals surface area contributed by atoms with E-state index < -0.39 is 17.8 Å². The largest absolute Gasteiger partial charge is 0.416 e. The molecule has 2 aromatic heterocycles. The normalized spacial score (nSPS) is 15.5. The Hall–Kier alpha value is -4.14. The van der Waals surface area contributed by atoms with Crippen LogP contribution in [0.3, 0.4) is 0 Å². The number of piperazine rings is 1. The number of pyridine rings is 2. The molecule has 1 saturated heterocycles. The van der Waals surface area contributed by atoms with Gasteiger partial charge in [-0.05, 0) is 54.4 Å². The lowest BCUT2D eigenvalue weighted by molar-refractivity contribution is -0.138. The van der Waals surface area contributed by atoms with Gasteiger partial charge in [-0.3, -0.25) is 10.2 Å². The molecule has 5 rings (SSSR count). The third kappa shape index (κ3) is 6.89. The van der Waals surface area contributed by atoms with E-state index in [1.807, 2.05) is 11.0 Å². The molecule has 4 heterocycles. The zero-order valence-corrected chi connectivity index (χ0v) is 22.1. The molecule has 2 aliphatic heterocycles. The van der Waals surface area contributed by atoms with E-state index in [9.17, 15) is 18.0 Å². The molecule has 3 aromatic rings. The number of carbonyl (C=O) groups excluding carboxylic acids is 1. The molecule has 11 heteroatoms. The van der Waals surface area contributed by atoms with Crippen LogP contribution in [0.25, 0.3) is 0 Å². The van der Waals surface area contributed by atoms with Gasteiger partial charge >= 0.3 is 12.2 Å². The van der Waals surface area contributed by atoms with E-state index in [0.717, 1.165) is 55.6 Å². The summed E-state index contributed by atoms with van der Waals surface area (Å²) in [4.78, 5) is 25.4. The summed E-state index contributed by atoms with van der Waals surface area (Å²) < 4.78 is 41.7. The van der Waals surface area contributed by atoms with Gasteiger partial charge in [0.05, 0.1) is 5.56 Å². The van der Waals surface area contributed by atoms with Crippen molar-refractivity contribution in [2.75, 3.05) is 55.2 Å². The van der Waals surface area contributed by atoms with E-state index in [1.165, 1.54) is 18.3 Å². The summed E-state index contributed by atoms with van der Waals surface area (Å²) in [6, 6.07) is 8.49. The fourth-order valence-corrected chi connectivity index (χ4v) is 4.80. The van der Waals surface area contributed by atoms with Crippen molar-refractivity contribution in [1.82, 2.24) is 19.8 Å². The fourth-order valence-electron chi connectivity index (χ4n) is 4.80. The second-order valence-corrected chi connectivity index (χ2v) is 9.75. The number of hydrogen-bond donors (Lipinski definition) is 3. The van der Waals surface area contributed by atoms with Crippen LogP contribution in [-0.2, 0) is 19.1 Å². The van der Waals surface area contributed by atoms with E-state index in [4.69, 9.17) is 0 Å². The molecule has 0 radical (unpaired) electrons. The molecule has 8 nitrogen and oxygen atoms in total. The highest BCUT2D eigenvalue weighted by molar-refractivity contribution is 5.99. The number of nitrogens with one attached hydrogen (secondary N) is 3. The molecule has 208 valence electrons. The number of nitrogens with zero attached hydrogens (tertiary/aromatic N) is 4.